The van der Waals surface area contributed by atoms with Crippen LogP contribution in [0.15, 0.2) is 18.6 Å². The first-order valence-corrected chi connectivity index (χ1v) is 6.47. The number of hydrogen-bond acceptors (Lipinski definition) is 4. The van der Waals surface area contributed by atoms with E-state index in [-0.39, 0.29) is 6.04 Å². The lowest BCUT2D eigenvalue weighted by Crippen LogP contribution is -2.39. The lowest BCUT2D eigenvalue weighted by atomic mass is 9.94. The molecule has 3 atom stereocenters. The molecule has 2 fully saturated rings. The minimum atomic E-state index is -0.682. The number of carboxylic acid groups (broad SMARTS) is 1. The van der Waals surface area contributed by atoms with Crippen molar-refractivity contribution in [3.63, 3.8) is 0 Å². The molecule has 18 heavy (non-hydrogen) atoms. The average Bonchev–Trinajstić information content (AvgIpc) is 2.89. The monoisotopic (exact) mass is 247 g/mol. The Hall–Kier alpha value is -1.49. The van der Waals surface area contributed by atoms with Crippen LogP contribution in [-0.2, 0) is 11.3 Å². The van der Waals surface area contributed by atoms with Gasteiger partial charge in [-0.15, -0.1) is 0 Å². The second-order valence-corrected chi connectivity index (χ2v) is 5.27. The van der Waals surface area contributed by atoms with Gasteiger partial charge in [-0.2, -0.15) is 0 Å². The number of nitrogens with zero attached hydrogens (tertiary/aromatic N) is 3. The molecule has 0 spiro atoms. The third-order valence-corrected chi connectivity index (χ3v) is 4.25. The number of likely N-dealkylation sites (tertiary alicyclic amines) is 1. The van der Waals surface area contributed by atoms with Crippen molar-refractivity contribution in [2.75, 3.05) is 6.54 Å². The van der Waals surface area contributed by atoms with Crippen LogP contribution in [-0.4, -0.2) is 38.5 Å². The summed E-state index contributed by atoms with van der Waals surface area (Å²) in [6.45, 7) is 1.51. The predicted octanol–water partition coefficient (Wildman–Crippen LogP) is 1.16. The molecule has 1 N–H and O–H groups in total. The van der Waals surface area contributed by atoms with Crippen molar-refractivity contribution in [3.8, 4) is 0 Å². The Morgan fingerprint density at radius 3 is 3.11 bits per heavy atom. The van der Waals surface area contributed by atoms with Crippen molar-refractivity contribution in [2.45, 2.75) is 31.8 Å². The van der Waals surface area contributed by atoms with E-state index >= 15 is 0 Å². The van der Waals surface area contributed by atoms with Gasteiger partial charge in [0, 0.05) is 19.3 Å². The minimum Gasteiger partial charge on any atom is -0.480 e. The molecule has 1 aromatic rings. The number of hydrogen-bond donors (Lipinski definition) is 1. The summed E-state index contributed by atoms with van der Waals surface area (Å²) in [5, 5.41) is 9.43. The number of carboxylic acids is 1. The highest BCUT2D eigenvalue weighted by molar-refractivity contribution is 5.74. The number of aliphatic carboxylic acids is 1. The molecule has 2 aliphatic rings. The van der Waals surface area contributed by atoms with Crippen LogP contribution in [0.2, 0.25) is 0 Å². The lowest BCUT2D eigenvalue weighted by molar-refractivity contribution is -0.143. The fourth-order valence-corrected chi connectivity index (χ4v) is 3.52. The number of rotatable bonds is 3. The highest BCUT2D eigenvalue weighted by Crippen LogP contribution is 2.42. The second kappa shape index (κ2) is 4.65. The summed E-state index contributed by atoms with van der Waals surface area (Å²) < 4.78 is 0. The molecule has 5 heteroatoms. The quantitative estimate of drug-likeness (QED) is 0.868. The summed E-state index contributed by atoms with van der Waals surface area (Å²) in [7, 11) is 0. The summed E-state index contributed by atoms with van der Waals surface area (Å²) in [6, 6.07) is 1.53. The van der Waals surface area contributed by atoms with E-state index in [4.69, 9.17) is 0 Å². The molecule has 1 aliphatic heterocycles. The average molecular weight is 247 g/mol. The zero-order valence-electron chi connectivity index (χ0n) is 10.2. The van der Waals surface area contributed by atoms with Crippen LogP contribution in [0.4, 0.5) is 0 Å². The molecule has 3 unspecified atom stereocenters. The predicted molar refractivity (Wildman–Crippen MR) is 64.7 cm³/mol. The first kappa shape index (κ1) is 11.6. The Balaban J connectivity index is 1.77. The molecule has 3 rings (SSSR count). The van der Waals surface area contributed by atoms with Crippen molar-refractivity contribution >= 4 is 5.97 Å². The molecule has 1 aliphatic carbocycles. The van der Waals surface area contributed by atoms with Crippen LogP contribution in [0.5, 0.6) is 0 Å². The molecular formula is C13H17N3O2. The van der Waals surface area contributed by atoms with Gasteiger partial charge < -0.3 is 5.11 Å². The van der Waals surface area contributed by atoms with Crippen molar-refractivity contribution in [2.24, 2.45) is 11.8 Å². The Bertz CT molecular complexity index is 437. The van der Waals surface area contributed by atoms with Crippen LogP contribution in [0.1, 0.15) is 25.0 Å². The van der Waals surface area contributed by atoms with Gasteiger partial charge in [0.1, 0.15) is 12.4 Å². The number of aromatic nitrogens is 2. The van der Waals surface area contributed by atoms with Crippen LogP contribution >= 0.6 is 0 Å². The van der Waals surface area contributed by atoms with E-state index in [1.54, 1.807) is 6.20 Å². The van der Waals surface area contributed by atoms with Crippen molar-refractivity contribution in [3.05, 3.63) is 24.3 Å². The SMILES string of the molecule is O=C(O)C1C2CCCC2CN1Cc1ccncn1. The summed E-state index contributed by atoms with van der Waals surface area (Å²) in [5.74, 6) is 0.218. The van der Waals surface area contributed by atoms with Crippen LogP contribution < -0.4 is 0 Å². The zero-order chi connectivity index (χ0) is 12.5. The number of fused-ring (bicyclic) bond motifs is 1. The van der Waals surface area contributed by atoms with E-state index in [0.29, 0.717) is 18.4 Å². The van der Waals surface area contributed by atoms with Crippen LogP contribution in [0.3, 0.4) is 0 Å². The first-order valence-electron chi connectivity index (χ1n) is 6.47. The Morgan fingerprint density at radius 1 is 1.50 bits per heavy atom. The van der Waals surface area contributed by atoms with Crippen LogP contribution in [0, 0.1) is 11.8 Å². The van der Waals surface area contributed by atoms with Gasteiger partial charge in [0.2, 0.25) is 0 Å². The van der Waals surface area contributed by atoms with Gasteiger partial charge in [0.05, 0.1) is 5.69 Å². The van der Waals surface area contributed by atoms with E-state index < -0.39 is 5.97 Å². The van der Waals surface area contributed by atoms with Gasteiger partial charge in [-0.1, -0.05) is 6.42 Å². The van der Waals surface area contributed by atoms with Crippen molar-refractivity contribution < 1.29 is 9.90 Å². The van der Waals surface area contributed by atoms with Gasteiger partial charge >= 0.3 is 5.97 Å². The fourth-order valence-electron chi connectivity index (χ4n) is 3.52. The van der Waals surface area contributed by atoms with E-state index in [2.05, 4.69) is 14.9 Å². The fraction of sp³-hybridized carbons (Fsp3) is 0.615. The highest BCUT2D eigenvalue weighted by atomic mass is 16.4. The van der Waals surface area contributed by atoms with Crippen molar-refractivity contribution in [1.82, 2.24) is 14.9 Å². The molecule has 0 aromatic carbocycles. The van der Waals surface area contributed by atoms with Crippen molar-refractivity contribution in [1.29, 1.82) is 0 Å². The van der Waals surface area contributed by atoms with E-state index in [1.165, 1.54) is 19.2 Å². The summed E-state index contributed by atoms with van der Waals surface area (Å²) in [5.41, 5.74) is 0.899. The van der Waals surface area contributed by atoms with Gasteiger partial charge in [-0.3, -0.25) is 9.69 Å². The lowest BCUT2D eigenvalue weighted by Gasteiger charge is -2.23. The van der Waals surface area contributed by atoms with E-state index in [0.717, 1.165) is 18.7 Å². The van der Waals surface area contributed by atoms with E-state index in [9.17, 15) is 9.90 Å². The highest BCUT2D eigenvalue weighted by Gasteiger charge is 2.47. The maximum atomic E-state index is 11.5. The molecule has 1 saturated heterocycles. The second-order valence-electron chi connectivity index (χ2n) is 5.27. The molecule has 1 aromatic heterocycles. The summed E-state index contributed by atoms with van der Waals surface area (Å²) in [4.78, 5) is 21.6. The maximum Gasteiger partial charge on any atom is 0.321 e. The Kier molecular flexibility index (Phi) is 2.99. The summed E-state index contributed by atoms with van der Waals surface area (Å²) >= 11 is 0. The normalized spacial score (nSPS) is 31.4. The Labute approximate surface area is 106 Å². The molecular weight excluding hydrogens is 230 g/mol. The molecule has 0 amide bonds. The van der Waals surface area contributed by atoms with Gasteiger partial charge in [0.15, 0.2) is 0 Å². The molecule has 0 bridgehead atoms. The molecule has 1 saturated carbocycles. The Morgan fingerprint density at radius 2 is 2.39 bits per heavy atom. The standard InChI is InChI=1S/C13H17N3O2/c17-13(18)12-11-3-1-2-9(11)6-16(12)7-10-4-5-14-8-15-10/h4-5,8-9,11-12H,1-3,6-7H2,(H,17,18). The van der Waals surface area contributed by atoms with Crippen LogP contribution in [0.25, 0.3) is 0 Å². The topological polar surface area (TPSA) is 66.3 Å². The maximum absolute atomic E-state index is 11.5. The van der Waals surface area contributed by atoms with Gasteiger partial charge in [0.25, 0.3) is 0 Å². The molecule has 96 valence electrons. The molecule has 0 radical (unpaired) electrons. The van der Waals surface area contributed by atoms with Gasteiger partial charge in [-0.05, 0) is 30.7 Å². The minimum absolute atomic E-state index is 0.326. The third kappa shape index (κ3) is 1.99. The van der Waals surface area contributed by atoms with E-state index in [1.807, 2.05) is 6.07 Å². The third-order valence-electron chi connectivity index (χ3n) is 4.25. The van der Waals surface area contributed by atoms with Gasteiger partial charge in [-0.25, -0.2) is 9.97 Å². The zero-order valence-corrected chi connectivity index (χ0v) is 10.2. The first-order chi connectivity index (χ1) is 8.75. The number of carbonyl (C=O) groups is 1. The largest absolute Gasteiger partial charge is 0.480 e. The molecule has 5 nitrogen and oxygen atoms in total. The molecule has 2 heterocycles. The summed E-state index contributed by atoms with van der Waals surface area (Å²) in [6.07, 6.45) is 6.63. The smallest absolute Gasteiger partial charge is 0.321 e.